The number of ether oxygens (including phenoxy) is 1. The van der Waals surface area contributed by atoms with Crippen LogP contribution in [-0.2, 0) is 18.0 Å². The molecule has 15 heavy (non-hydrogen) atoms. The number of rotatable bonds is 3. The number of hydrogen-bond acceptors (Lipinski definition) is 2. The maximum absolute atomic E-state index is 9.05. The zero-order chi connectivity index (χ0) is 10.7. The van der Waals surface area contributed by atoms with Crippen molar-refractivity contribution in [1.29, 1.82) is 0 Å². The first-order valence-corrected chi connectivity index (χ1v) is 4.95. The number of methoxy groups -OCH3 is 1. The van der Waals surface area contributed by atoms with Crippen LogP contribution in [0.1, 0.15) is 11.1 Å². The third-order valence-electron chi connectivity index (χ3n) is 2.46. The van der Waals surface area contributed by atoms with Crippen molar-refractivity contribution in [2.45, 2.75) is 13.2 Å². The normalized spacial score (nSPS) is 10.8. The van der Waals surface area contributed by atoms with Crippen molar-refractivity contribution >= 4 is 10.8 Å². The van der Waals surface area contributed by atoms with Crippen LogP contribution in [0.5, 0.6) is 0 Å². The third kappa shape index (κ3) is 2.17. The van der Waals surface area contributed by atoms with Gasteiger partial charge in [0.15, 0.2) is 0 Å². The van der Waals surface area contributed by atoms with Gasteiger partial charge in [-0.05, 0) is 34.0 Å². The molecule has 0 amide bonds. The fraction of sp³-hybridized carbons (Fsp3) is 0.231. The lowest BCUT2D eigenvalue weighted by Gasteiger charge is -2.04. The topological polar surface area (TPSA) is 29.5 Å². The molecule has 2 aromatic carbocycles. The van der Waals surface area contributed by atoms with Gasteiger partial charge >= 0.3 is 0 Å². The Labute approximate surface area is 89.1 Å². The lowest BCUT2D eigenvalue weighted by molar-refractivity contribution is 0.185. The first kappa shape index (κ1) is 10.1. The molecule has 0 spiro atoms. The summed E-state index contributed by atoms with van der Waals surface area (Å²) < 4.78 is 5.08. The molecule has 0 radical (unpaired) electrons. The van der Waals surface area contributed by atoms with Crippen molar-refractivity contribution in [3.63, 3.8) is 0 Å². The van der Waals surface area contributed by atoms with Crippen LogP contribution in [0.4, 0.5) is 0 Å². The van der Waals surface area contributed by atoms with Gasteiger partial charge in [0.2, 0.25) is 0 Å². The van der Waals surface area contributed by atoms with Crippen molar-refractivity contribution in [2.24, 2.45) is 0 Å². The number of benzene rings is 2. The minimum atomic E-state index is 0.0877. The first-order valence-electron chi connectivity index (χ1n) is 4.95. The fourth-order valence-electron chi connectivity index (χ4n) is 1.70. The molecular weight excluding hydrogens is 188 g/mol. The van der Waals surface area contributed by atoms with Gasteiger partial charge in [-0.2, -0.15) is 0 Å². The molecule has 0 aromatic heterocycles. The van der Waals surface area contributed by atoms with Gasteiger partial charge in [-0.15, -0.1) is 0 Å². The van der Waals surface area contributed by atoms with Crippen LogP contribution < -0.4 is 0 Å². The summed E-state index contributed by atoms with van der Waals surface area (Å²) in [6, 6.07) is 12.2. The van der Waals surface area contributed by atoms with E-state index in [0.717, 1.165) is 16.5 Å². The average molecular weight is 202 g/mol. The Morgan fingerprint density at radius 2 is 1.67 bits per heavy atom. The Kier molecular flexibility index (Phi) is 2.99. The van der Waals surface area contributed by atoms with E-state index in [9.17, 15) is 0 Å². The predicted molar refractivity (Wildman–Crippen MR) is 60.6 cm³/mol. The van der Waals surface area contributed by atoms with Crippen LogP contribution in [0.2, 0.25) is 0 Å². The summed E-state index contributed by atoms with van der Waals surface area (Å²) in [4.78, 5) is 0. The van der Waals surface area contributed by atoms with E-state index in [4.69, 9.17) is 9.84 Å². The van der Waals surface area contributed by atoms with Gasteiger partial charge in [0.05, 0.1) is 13.2 Å². The number of hydrogen-bond donors (Lipinski definition) is 1. The van der Waals surface area contributed by atoms with Crippen molar-refractivity contribution in [3.05, 3.63) is 47.5 Å². The predicted octanol–water partition coefficient (Wildman–Crippen LogP) is 2.48. The van der Waals surface area contributed by atoms with Crippen molar-refractivity contribution < 1.29 is 9.84 Å². The molecule has 0 fully saturated rings. The third-order valence-corrected chi connectivity index (χ3v) is 2.46. The number of aliphatic hydroxyl groups is 1. The molecule has 0 bridgehead atoms. The highest BCUT2D eigenvalue weighted by Crippen LogP contribution is 2.18. The molecule has 0 heterocycles. The summed E-state index contributed by atoms with van der Waals surface area (Å²) in [5.41, 5.74) is 2.09. The van der Waals surface area contributed by atoms with E-state index in [2.05, 4.69) is 18.2 Å². The molecule has 0 aliphatic heterocycles. The van der Waals surface area contributed by atoms with Crippen molar-refractivity contribution in [1.82, 2.24) is 0 Å². The summed E-state index contributed by atoms with van der Waals surface area (Å²) in [5.74, 6) is 0. The van der Waals surface area contributed by atoms with Crippen LogP contribution >= 0.6 is 0 Å². The van der Waals surface area contributed by atoms with Gasteiger partial charge < -0.3 is 9.84 Å². The van der Waals surface area contributed by atoms with E-state index in [-0.39, 0.29) is 6.61 Å². The second kappa shape index (κ2) is 4.43. The molecule has 2 rings (SSSR count). The minimum absolute atomic E-state index is 0.0877. The van der Waals surface area contributed by atoms with Crippen LogP contribution in [0.3, 0.4) is 0 Å². The van der Waals surface area contributed by atoms with E-state index < -0.39 is 0 Å². The second-order valence-corrected chi connectivity index (χ2v) is 3.61. The standard InChI is InChI=1S/C13H14O2/c1-15-9-11-3-5-12-4-2-10(8-14)6-13(12)7-11/h2-7,14H,8-9H2,1H3. The highest BCUT2D eigenvalue weighted by molar-refractivity contribution is 5.83. The Hall–Kier alpha value is -1.38. The molecule has 2 aromatic rings. The van der Waals surface area contributed by atoms with Crippen molar-refractivity contribution in [2.75, 3.05) is 7.11 Å². The molecular formula is C13H14O2. The summed E-state index contributed by atoms with van der Waals surface area (Å²) in [5, 5.41) is 11.4. The quantitative estimate of drug-likeness (QED) is 0.828. The Morgan fingerprint density at radius 3 is 2.33 bits per heavy atom. The van der Waals surface area contributed by atoms with Crippen molar-refractivity contribution in [3.8, 4) is 0 Å². The summed E-state index contributed by atoms with van der Waals surface area (Å²) in [6.07, 6.45) is 0. The summed E-state index contributed by atoms with van der Waals surface area (Å²) >= 11 is 0. The van der Waals surface area contributed by atoms with Gasteiger partial charge in [-0.3, -0.25) is 0 Å². The van der Waals surface area contributed by atoms with Gasteiger partial charge in [0.1, 0.15) is 0 Å². The Morgan fingerprint density at radius 1 is 1.00 bits per heavy atom. The second-order valence-electron chi connectivity index (χ2n) is 3.61. The Bertz CT molecular complexity index is 463. The number of aliphatic hydroxyl groups excluding tert-OH is 1. The molecule has 1 N–H and O–H groups in total. The monoisotopic (exact) mass is 202 g/mol. The highest BCUT2D eigenvalue weighted by atomic mass is 16.5. The van der Waals surface area contributed by atoms with Crippen LogP contribution in [0.15, 0.2) is 36.4 Å². The largest absolute Gasteiger partial charge is 0.392 e. The molecule has 0 aliphatic carbocycles. The van der Waals surface area contributed by atoms with Crippen LogP contribution in [0.25, 0.3) is 10.8 Å². The molecule has 0 saturated heterocycles. The summed E-state index contributed by atoms with van der Waals surface area (Å²) in [7, 11) is 1.69. The molecule has 0 aliphatic rings. The lowest BCUT2D eigenvalue weighted by atomic mass is 10.0. The zero-order valence-corrected chi connectivity index (χ0v) is 8.73. The molecule has 0 unspecified atom stereocenters. The van der Waals surface area contributed by atoms with E-state index in [0.29, 0.717) is 6.61 Å². The maximum atomic E-state index is 9.05. The average Bonchev–Trinajstić information content (AvgIpc) is 2.28. The lowest BCUT2D eigenvalue weighted by Crippen LogP contribution is -1.88. The molecule has 2 heteroatoms. The Balaban J connectivity index is 2.48. The van der Waals surface area contributed by atoms with Gasteiger partial charge in [-0.1, -0.05) is 24.3 Å². The van der Waals surface area contributed by atoms with E-state index in [1.54, 1.807) is 7.11 Å². The first-order chi connectivity index (χ1) is 7.33. The highest BCUT2D eigenvalue weighted by Gasteiger charge is 1.98. The summed E-state index contributed by atoms with van der Waals surface area (Å²) in [6.45, 7) is 0.712. The molecule has 78 valence electrons. The zero-order valence-electron chi connectivity index (χ0n) is 8.73. The maximum Gasteiger partial charge on any atom is 0.0713 e. The van der Waals surface area contributed by atoms with Gasteiger partial charge in [-0.25, -0.2) is 0 Å². The van der Waals surface area contributed by atoms with Crippen LogP contribution in [-0.4, -0.2) is 12.2 Å². The smallest absolute Gasteiger partial charge is 0.0713 e. The van der Waals surface area contributed by atoms with E-state index >= 15 is 0 Å². The van der Waals surface area contributed by atoms with Crippen LogP contribution in [0, 0.1) is 0 Å². The molecule has 2 nitrogen and oxygen atoms in total. The van der Waals surface area contributed by atoms with E-state index in [1.165, 1.54) is 5.39 Å². The van der Waals surface area contributed by atoms with E-state index in [1.807, 2.05) is 18.2 Å². The minimum Gasteiger partial charge on any atom is -0.392 e. The fourth-order valence-corrected chi connectivity index (χ4v) is 1.70. The molecule has 0 atom stereocenters. The van der Waals surface area contributed by atoms with Gasteiger partial charge in [0.25, 0.3) is 0 Å². The molecule has 0 saturated carbocycles. The number of fused-ring (bicyclic) bond motifs is 1. The SMILES string of the molecule is COCc1ccc2ccc(CO)cc2c1. The van der Waals surface area contributed by atoms with Gasteiger partial charge in [0, 0.05) is 7.11 Å².